The highest BCUT2D eigenvalue weighted by molar-refractivity contribution is 7.22. The number of fused-ring (bicyclic) bond motifs is 1. The van der Waals surface area contributed by atoms with E-state index < -0.39 is 0 Å². The van der Waals surface area contributed by atoms with E-state index in [9.17, 15) is 4.79 Å². The van der Waals surface area contributed by atoms with Gasteiger partial charge in [0.2, 0.25) is 5.91 Å². The third-order valence-electron chi connectivity index (χ3n) is 3.06. The van der Waals surface area contributed by atoms with Crippen LogP contribution < -0.4 is 10.1 Å². The van der Waals surface area contributed by atoms with Crippen molar-refractivity contribution in [3.05, 3.63) is 54.1 Å². The number of carbonyl (C=O) groups is 1. The highest BCUT2D eigenvalue weighted by Crippen LogP contribution is 2.32. The second-order valence-corrected chi connectivity index (χ2v) is 5.57. The Bertz CT molecular complexity index is 768. The molecule has 4 nitrogen and oxygen atoms in total. The zero-order valence-corrected chi connectivity index (χ0v) is 12.3. The molecule has 0 saturated heterocycles. The number of hydrogen-bond acceptors (Lipinski definition) is 4. The SMILES string of the molecule is COc1cccc2sc(NC(=O)Cc3ccccc3)nc12. The Hall–Kier alpha value is -2.40. The van der Waals surface area contributed by atoms with Gasteiger partial charge < -0.3 is 10.1 Å². The van der Waals surface area contributed by atoms with Crippen molar-refractivity contribution in [3.63, 3.8) is 0 Å². The van der Waals surface area contributed by atoms with E-state index >= 15 is 0 Å². The molecule has 3 rings (SSSR count). The minimum Gasteiger partial charge on any atom is -0.494 e. The molecule has 0 radical (unpaired) electrons. The van der Waals surface area contributed by atoms with Gasteiger partial charge in [0, 0.05) is 0 Å². The van der Waals surface area contributed by atoms with E-state index in [1.165, 1.54) is 11.3 Å². The Morgan fingerprint density at radius 3 is 2.76 bits per heavy atom. The fraction of sp³-hybridized carbons (Fsp3) is 0.125. The first-order valence-corrected chi connectivity index (χ1v) is 7.35. The molecule has 0 saturated carbocycles. The van der Waals surface area contributed by atoms with Crippen molar-refractivity contribution in [2.75, 3.05) is 12.4 Å². The summed E-state index contributed by atoms with van der Waals surface area (Å²) in [5, 5.41) is 3.44. The van der Waals surface area contributed by atoms with Crippen molar-refractivity contribution in [2.45, 2.75) is 6.42 Å². The smallest absolute Gasteiger partial charge is 0.230 e. The van der Waals surface area contributed by atoms with Crippen molar-refractivity contribution in [3.8, 4) is 5.75 Å². The van der Waals surface area contributed by atoms with Crippen molar-refractivity contribution >= 4 is 32.6 Å². The Kier molecular flexibility index (Phi) is 3.83. The maximum Gasteiger partial charge on any atom is 0.230 e. The molecule has 0 fully saturated rings. The van der Waals surface area contributed by atoms with Crippen LogP contribution in [-0.4, -0.2) is 18.0 Å². The molecule has 0 aliphatic rings. The summed E-state index contributed by atoms with van der Waals surface area (Å²) >= 11 is 1.44. The summed E-state index contributed by atoms with van der Waals surface area (Å²) in [5.74, 6) is 0.645. The molecule has 1 aromatic heterocycles. The average Bonchev–Trinajstić information content (AvgIpc) is 2.90. The number of methoxy groups -OCH3 is 1. The lowest BCUT2D eigenvalue weighted by Gasteiger charge is -2.01. The Morgan fingerprint density at radius 1 is 1.19 bits per heavy atom. The van der Waals surface area contributed by atoms with Crippen LogP contribution in [0, 0.1) is 0 Å². The van der Waals surface area contributed by atoms with Gasteiger partial charge in [-0.15, -0.1) is 0 Å². The minimum atomic E-state index is -0.0702. The van der Waals surface area contributed by atoms with Gasteiger partial charge in [-0.05, 0) is 17.7 Å². The molecular weight excluding hydrogens is 284 g/mol. The summed E-state index contributed by atoms with van der Waals surface area (Å²) in [4.78, 5) is 16.5. The lowest BCUT2D eigenvalue weighted by atomic mass is 10.1. The number of rotatable bonds is 4. The first kappa shape index (κ1) is 13.6. The number of ether oxygens (including phenoxy) is 1. The van der Waals surface area contributed by atoms with Crippen LogP contribution in [0.1, 0.15) is 5.56 Å². The van der Waals surface area contributed by atoms with Gasteiger partial charge >= 0.3 is 0 Å². The summed E-state index contributed by atoms with van der Waals surface area (Å²) in [5.41, 5.74) is 1.76. The van der Waals surface area contributed by atoms with Gasteiger partial charge in [0.25, 0.3) is 0 Å². The zero-order chi connectivity index (χ0) is 14.7. The molecule has 1 amide bonds. The van der Waals surface area contributed by atoms with Crippen molar-refractivity contribution in [2.24, 2.45) is 0 Å². The second kappa shape index (κ2) is 5.93. The molecule has 21 heavy (non-hydrogen) atoms. The number of anilines is 1. The highest BCUT2D eigenvalue weighted by atomic mass is 32.1. The lowest BCUT2D eigenvalue weighted by molar-refractivity contribution is -0.115. The van der Waals surface area contributed by atoms with Crippen molar-refractivity contribution < 1.29 is 9.53 Å². The largest absolute Gasteiger partial charge is 0.494 e. The molecule has 0 aliphatic carbocycles. The molecule has 2 aromatic carbocycles. The quantitative estimate of drug-likeness (QED) is 0.802. The van der Waals surface area contributed by atoms with E-state index in [-0.39, 0.29) is 5.91 Å². The molecule has 0 bridgehead atoms. The van der Waals surface area contributed by atoms with Gasteiger partial charge in [-0.25, -0.2) is 4.98 Å². The Balaban J connectivity index is 1.77. The second-order valence-electron chi connectivity index (χ2n) is 4.54. The van der Waals surface area contributed by atoms with E-state index in [1.54, 1.807) is 7.11 Å². The molecule has 1 heterocycles. The maximum atomic E-state index is 12.0. The van der Waals surface area contributed by atoms with Crippen LogP contribution in [0.4, 0.5) is 5.13 Å². The van der Waals surface area contributed by atoms with Crippen molar-refractivity contribution in [1.29, 1.82) is 0 Å². The highest BCUT2D eigenvalue weighted by Gasteiger charge is 2.11. The van der Waals surface area contributed by atoms with Gasteiger partial charge in [-0.3, -0.25) is 4.79 Å². The van der Waals surface area contributed by atoms with E-state index in [1.807, 2.05) is 48.5 Å². The van der Waals surface area contributed by atoms with Crippen LogP contribution >= 0.6 is 11.3 Å². The zero-order valence-electron chi connectivity index (χ0n) is 11.5. The maximum absolute atomic E-state index is 12.0. The monoisotopic (exact) mass is 298 g/mol. The predicted molar refractivity (Wildman–Crippen MR) is 84.9 cm³/mol. The predicted octanol–water partition coefficient (Wildman–Crippen LogP) is 3.49. The number of amides is 1. The van der Waals surface area contributed by atoms with Gasteiger partial charge in [0.05, 0.1) is 18.2 Å². The van der Waals surface area contributed by atoms with Gasteiger partial charge in [-0.1, -0.05) is 47.7 Å². The number of aromatic nitrogens is 1. The fourth-order valence-electron chi connectivity index (χ4n) is 2.09. The first-order chi connectivity index (χ1) is 10.3. The third kappa shape index (κ3) is 3.03. The molecule has 106 valence electrons. The van der Waals surface area contributed by atoms with Crippen LogP contribution in [0.2, 0.25) is 0 Å². The average molecular weight is 298 g/mol. The number of nitrogens with one attached hydrogen (secondary N) is 1. The van der Waals surface area contributed by atoms with Gasteiger partial charge in [-0.2, -0.15) is 0 Å². The van der Waals surface area contributed by atoms with Crippen LogP contribution in [0.5, 0.6) is 5.75 Å². The summed E-state index contributed by atoms with van der Waals surface area (Å²) in [7, 11) is 1.61. The summed E-state index contributed by atoms with van der Waals surface area (Å²) in [6.45, 7) is 0. The van der Waals surface area contributed by atoms with E-state index in [0.29, 0.717) is 17.3 Å². The molecule has 0 unspecified atom stereocenters. The van der Waals surface area contributed by atoms with E-state index in [2.05, 4.69) is 10.3 Å². The molecule has 5 heteroatoms. The number of thiazole rings is 1. The molecule has 3 aromatic rings. The Labute approximate surface area is 126 Å². The van der Waals surface area contributed by atoms with Crippen LogP contribution in [-0.2, 0) is 11.2 Å². The topological polar surface area (TPSA) is 51.2 Å². The number of hydrogen-bond donors (Lipinski definition) is 1. The van der Waals surface area contributed by atoms with Crippen molar-refractivity contribution in [1.82, 2.24) is 4.98 Å². The summed E-state index contributed by atoms with van der Waals surface area (Å²) in [6, 6.07) is 15.4. The number of carbonyl (C=O) groups excluding carboxylic acids is 1. The molecular formula is C16H14N2O2S. The van der Waals surface area contributed by atoms with Crippen LogP contribution in [0.3, 0.4) is 0 Å². The van der Waals surface area contributed by atoms with Crippen LogP contribution in [0.15, 0.2) is 48.5 Å². The standard InChI is InChI=1S/C16H14N2O2S/c1-20-12-8-5-9-13-15(12)18-16(21-13)17-14(19)10-11-6-3-2-4-7-11/h2-9H,10H2,1H3,(H,17,18,19). The summed E-state index contributed by atoms with van der Waals surface area (Å²) < 4.78 is 6.26. The normalized spacial score (nSPS) is 10.5. The van der Waals surface area contributed by atoms with Gasteiger partial charge in [0.1, 0.15) is 11.3 Å². The fourth-order valence-corrected chi connectivity index (χ4v) is 2.99. The Morgan fingerprint density at radius 2 is 2.00 bits per heavy atom. The summed E-state index contributed by atoms with van der Waals surface area (Å²) in [6.07, 6.45) is 0.341. The molecule has 1 N–H and O–H groups in total. The number of benzene rings is 2. The van der Waals surface area contributed by atoms with E-state index in [4.69, 9.17) is 4.74 Å². The van der Waals surface area contributed by atoms with E-state index in [0.717, 1.165) is 15.8 Å². The minimum absolute atomic E-state index is 0.0702. The lowest BCUT2D eigenvalue weighted by Crippen LogP contribution is -2.14. The number of para-hydroxylation sites is 1. The molecule has 0 aliphatic heterocycles. The molecule has 0 spiro atoms. The third-order valence-corrected chi connectivity index (χ3v) is 3.99. The number of nitrogens with zero attached hydrogens (tertiary/aromatic N) is 1. The van der Waals surface area contributed by atoms with Crippen LogP contribution in [0.25, 0.3) is 10.2 Å². The molecule has 0 atom stereocenters. The first-order valence-electron chi connectivity index (χ1n) is 6.53. The van der Waals surface area contributed by atoms with Gasteiger partial charge in [0.15, 0.2) is 5.13 Å².